The van der Waals surface area contributed by atoms with E-state index in [2.05, 4.69) is 15.5 Å². The molecule has 1 unspecified atom stereocenters. The summed E-state index contributed by atoms with van der Waals surface area (Å²) in [6, 6.07) is 2.01. The van der Waals surface area contributed by atoms with Gasteiger partial charge in [-0.05, 0) is 42.8 Å². The molecule has 7 nitrogen and oxygen atoms in total. The molecule has 3 heterocycles. The van der Waals surface area contributed by atoms with Gasteiger partial charge in [0.25, 0.3) is 5.91 Å². The first-order chi connectivity index (χ1) is 13.0. The molecular weight excluding hydrogens is 386 g/mol. The Balaban J connectivity index is 1.56. The first-order valence-electron chi connectivity index (χ1n) is 9.11. The minimum atomic E-state index is -1.02. The number of aliphatic carboxylic acids is 1. The molecule has 0 bridgehead atoms. The van der Waals surface area contributed by atoms with Crippen LogP contribution in [0.5, 0.6) is 0 Å². The van der Waals surface area contributed by atoms with Crippen molar-refractivity contribution in [2.24, 2.45) is 0 Å². The van der Waals surface area contributed by atoms with Crippen molar-refractivity contribution in [3.05, 3.63) is 33.0 Å². The Morgan fingerprint density at radius 2 is 2.19 bits per heavy atom. The number of aryl methyl sites for hydroxylation is 1. The van der Waals surface area contributed by atoms with Crippen LogP contribution in [-0.4, -0.2) is 59.7 Å². The van der Waals surface area contributed by atoms with Crippen molar-refractivity contribution >= 4 is 35.0 Å². The van der Waals surface area contributed by atoms with Crippen molar-refractivity contribution in [3.8, 4) is 0 Å². The number of rotatable bonds is 8. The number of carbonyl (C=O) groups excluding carboxylic acids is 1. The fraction of sp³-hybridized carbons (Fsp3) is 0.556. The molecular formula is C18H25N3O4S2. The molecule has 9 heteroatoms. The normalized spacial score (nSPS) is 22.9. The summed E-state index contributed by atoms with van der Waals surface area (Å²) in [5.41, 5.74) is 1.16. The highest BCUT2D eigenvalue weighted by Crippen LogP contribution is 2.33. The van der Waals surface area contributed by atoms with E-state index >= 15 is 0 Å². The summed E-state index contributed by atoms with van der Waals surface area (Å²) in [6.45, 7) is 6.44. The number of thiophene rings is 1. The van der Waals surface area contributed by atoms with Gasteiger partial charge in [-0.25, -0.2) is 4.79 Å². The van der Waals surface area contributed by atoms with E-state index in [0.29, 0.717) is 11.3 Å². The standard InChI is InChI=1S/C18H25N3O4S2/c1-2-18(19-14(12-27-18)17(23)24)20-16(22)15-13(5-11-26-15)4-3-6-21-7-9-25-10-8-21/h5,11-12,19H,2-4,6-10H2,1H3,(H,20,22)(H,23,24). The average Bonchev–Trinajstić information content (AvgIpc) is 3.30. The van der Waals surface area contributed by atoms with E-state index in [-0.39, 0.29) is 11.6 Å². The second-order valence-corrected chi connectivity index (χ2v) is 8.63. The molecule has 2 aliphatic rings. The van der Waals surface area contributed by atoms with Crippen LogP contribution < -0.4 is 10.6 Å². The van der Waals surface area contributed by atoms with Gasteiger partial charge in [0, 0.05) is 18.5 Å². The predicted octanol–water partition coefficient (Wildman–Crippen LogP) is 2.07. The lowest BCUT2D eigenvalue weighted by atomic mass is 10.1. The maximum absolute atomic E-state index is 12.8. The molecule has 3 rings (SSSR count). The minimum Gasteiger partial charge on any atom is -0.477 e. The summed E-state index contributed by atoms with van der Waals surface area (Å²) >= 11 is 2.72. The Morgan fingerprint density at radius 1 is 1.41 bits per heavy atom. The molecule has 1 amide bonds. The van der Waals surface area contributed by atoms with Crippen LogP contribution >= 0.6 is 23.1 Å². The highest BCUT2D eigenvalue weighted by atomic mass is 32.2. The van der Waals surface area contributed by atoms with Crippen LogP contribution in [0.25, 0.3) is 0 Å². The summed E-state index contributed by atoms with van der Waals surface area (Å²) in [5, 5.41) is 18.5. The molecule has 1 aromatic heterocycles. The molecule has 0 aliphatic carbocycles. The van der Waals surface area contributed by atoms with Crippen LogP contribution in [0.2, 0.25) is 0 Å². The molecule has 0 spiro atoms. The number of nitrogens with zero attached hydrogens (tertiary/aromatic N) is 1. The SMILES string of the molecule is CCC1(NC(=O)c2sccc2CCCN2CCOCC2)NC(C(=O)O)=CS1. The van der Waals surface area contributed by atoms with Gasteiger partial charge in [0.05, 0.1) is 18.1 Å². The molecule has 1 aromatic rings. The molecule has 1 fully saturated rings. The monoisotopic (exact) mass is 411 g/mol. The maximum atomic E-state index is 12.8. The third-order valence-electron chi connectivity index (χ3n) is 4.74. The first-order valence-corrected chi connectivity index (χ1v) is 10.9. The summed E-state index contributed by atoms with van der Waals surface area (Å²) < 4.78 is 5.37. The fourth-order valence-corrected chi connectivity index (χ4v) is 4.96. The summed E-state index contributed by atoms with van der Waals surface area (Å²) in [5.74, 6) is -1.18. The van der Waals surface area contributed by atoms with Crippen molar-refractivity contribution in [3.63, 3.8) is 0 Å². The second-order valence-electron chi connectivity index (χ2n) is 6.55. The van der Waals surface area contributed by atoms with Crippen molar-refractivity contribution < 1.29 is 19.4 Å². The summed E-state index contributed by atoms with van der Waals surface area (Å²) in [4.78, 5) is 26.3. The van der Waals surface area contributed by atoms with E-state index in [9.17, 15) is 9.59 Å². The predicted molar refractivity (Wildman–Crippen MR) is 107 cm³/mol. The molecule has 27 heavy (non-hydrogen) atoms. The van der Waals surface area contributed by atoms with E-state index in [0.717, 1.165) is 51.3 Å². The second kappa shape index (κ2) is 9.09. The zero-order valence-corrected chi connectivity index (χ0v) is 17.0. The van der Waals surface area contributed by atoms with Crippen LogP contribution in [0.3, 0.4) is 0 Å². The van der Waals surface area contributed by atoms with Gasteiger partial charge in [-0.3, -0.25) is 9.69 Å². The highest BCUT2D eigenvalue weighted by molar-refractivity contribution is 8.03. The zero-order chi connectivity index (χ0) is 19.3. The van der Waals surface area contributed by atoms with E-state index in [1.807, 2.05) is 18.4 Å². The summed E-state index contributed by atoms with van der Waals surface area (Å²) in [6.07, 6.45) is 2.41. The first kappa shape index (κ1) is 20.2. The molecule has 1 atom stereocenters. The van der Waals surface area contributed by atoms with Gasteiger partial charge in [0.2, 0.25) is 0 Å². The molecule has 1 saturated heterocycles. The number of thioether (sulfide) groups is 1. The van der Waals surface area contributed by atoms with E-state index in [1.54, 1.807) is 5.41 Å². The number of amides is 1. The molecule has 0 saturated carbocycles. The van der Waals surface area contributed by atoms with Crippen molar-refractivity contribution in [2.45, 2.75) is 31.2 Å². The lowest BCUT2D eigenvalue weighted by Gasteiger charge is -2.29. The fourth-order valence-electron chi connectivity index (χ4n) is 3.15. The van der Waals surface area contributed by atoms with Gasteiger partial charge in [-0.2, -0.15) is 0 Å². The molecule has 3 N–H and O–H groups in total. The number of carboxylic acid groups (broad SMARTS) is 1. The van der Waals surface area contributed by atoms with Gasteiger partial charge < -0.3 is 20.5 Å². The largest absolute Gasteiger partial charge is 0.477 e. The van der Waals surface area contributed by atoms with Crippen LogP contribution in [0.1, 0.15) is 35.0 Å². The molecule has 0 aromatic carbocycles. The lowest BCUT2D eigenvalue weighted by molar-refractivity contribution is -0.133. The van der Waals surface area contributed by atoms with Gasteiger partial charge in [-0.15, -0.1) is 11.3 Å². The Bertz CT molecular complexity index is 715. The number of morpholine rings is 1. The number of carboxylic acids is 1. The van der Waals surface area contributed by atoms with Crippen LogP contribution in [-0.2, 0) is 16.0 Å². The third-order valence-corrected chi connectivity index (χ3v) is 6.94. The van der Waals surface area contributed by atoms with Crippen molar-refractivity contribution in [1.82, 2.24) is 15.5 Å². The topological polar surface area (TPSA) is 90.9 Å². The maximum Gasteiger partial charge on any atom is 0.352 e. The van der Waals surface area contributed by atoms with E-state index < -0.39 is 11.0 Å². The number of ether oxygens (including phenoxy) is 1. The van der Waals surface area contributed by atoms with Crippen molar-refractivity contribution in [1.29, 1.82) is 0 Å². The summed E-state index contributed by atoms with van der Waals surface area (Å²) in [7, 11) is 0. The Hall–Kier alpha value is -1.55. The third kappa shape index (κ3) is 5.04. The van der Waals surface area contributed by atoms with E-state index in [1.165, 1.54) is 23.1 Å². The zero-order valence-electron chi connectivity index (χ0n) is 15.3. The van der Waals surface area contributed by atoms with Gasteiger partial charge in [0.15, 0.2) is 4.99 Å². The smallest absolute Gasteiger partial charge is 0.352 e. The minimum absolute atomic E-state index is 0.110. The van der Waals surface area contributed by atoms with Crippen LogP contribution in [0, 0.1) is 0 Å². The highest BCUT2D eigenvalue weighted by Gasteiger charge is 2.37. The number of hydrogen-bond donors (Lipinski definition) is 3. The average molecular weight is 412 g/mol. The molecule has 0 radical (unpaired) electrons. The Morgan fingerprint density at radius 3 is 2.85 bits per heavy atom. The number of carbonyl (C=O) groups is 2. The van der Waals surface area contributed by atoms with Crippen LogP contribution in [0.15, 0.2) is 22.6 Å². The van der Waals surface area contributed by atoms with Crippen molar-refractivity contribution in [2.75, 3.05) is 32.8 Å². The Kier molecular flexibility index (Phi) is 6.80. The van der Waals surface area contributed by atoms with Gasteiger partial charge >= 0.3 is 5.97 Å². The van der Waals surface area contributed by atoms with Gasteiger partial charge in [-0.1, -0.05) is 18.7 Å². The molecule has 2 aliphatic heterocycles. The molecule has 148 valence electrons. The lowest BCUT2D eigenvalue weighted by Crippen LogP contribution is -2.53. The number of nitrogens with one attached hydrogen (secondary N) is 2. The number of hydrogen-bond acceptors (Lipinski definition) is 7. The Labute approximate surface area is 167 Å². The quantitative estimate of drug-likeness (QED) is 0.603. The van der Waals surface area contributed by atoms with Gasteiger partial charge in [0.1, 0.15) is 5.70 Å². The van der Waals surface area contributed by atoms with Crippen LogP contribution in [0.4, 0.5) is 0 Å². The van der Waals surface area contributed by atoms with E-state index in [4.69, 9.17) is 9.84 Å².